The number of azo groups is 1. The van der Waals surface area contributed by atoms with Crippen molar-refractivity contribution in [3.8, 4) is 17.3 Å². The first-order chi connectivity index (χ1) is 13.1. The fraction of sp³-hybridized carbons (Fsp3) is 0.0476. The van der Waals surface area contributed by atoms with Gasteiger partial charge in [0.15, 0.2) is 5.82 Å². The molecule has 0 saturated carbocycles. The van der Waals surface area contributed by atoms with Crippen molar-refractivity contribution < 1.29 is 4.39 Å². The Hall–Kier alpha value is -3.85. The second-order valence-corrected chi connectivity index (χ2v) is 6.09. The number of aromatic nitrogens is 2. The first-order valence-electron chi connectivity index (χ1n) is 8.30. The average molecular weight is 355 g/mol. The van der Waals surface area contributed by atoms with Crippen LogP contribution in [0.4, 0.5) is 15.9 Å². The lowest BCUT2D eigenvalue weighted by molar-refractivity contribution is 0.628. The molecule has 0 radical (unpaired) electrons. The molecule has 0 aliphatic heterocycles. The molecule has 0 aliphatic carbocycles. The lowest BCUT2D eigenvalue weighted by atomic mass is 10.1. The maximum absolute atomic E-state index is 13.3. The number of rotatable bonds is 3. The Morgan fingerprint density at radius 2 is 1.85 bits per heavy atom. The largest absolute Gasteiger partial charge is 0.282 e. The van der Waals surface area contributed by atoms with Crippen LogP contribution in [-0.2, 0) is 0 Å². The Balaban J connectivity index is 1.87. The third-order valence-electron chi connectivity index (χ3n) is 4.09. The number of nitriles is 1. The predicted molar refractivity (Wildman–Crippen MR) is 101 cm³/mol. The van der Waals surface area contributed by atoms with Gasteiger partial charge < -0.3 is 0 Å². The van der Waals surface area contributed by atoms with Crippen molar-refractivity contribution in [3.05, 3.63) is 83.8 Å². The Morgan fingerprint density at radius 1 is 1.04 bits per heavy atom. The van der Waals surface area contributed by atoms with Crippen molar-refractivity contribution in [2.45, 2.75) is 6.92 Å². The Labute approximate surface area is 155 Å². The quantitative estimate of drug-likeness (QED) is 0.440. The smallest absolute Gasteiger partial charge is 0.187 e. The summed E-state index contributed by atoms with van der Waals surface area (Å²) in [6.07, 6.45) is 1.93. The lowest BCUT2D eigenvalue weighted by Gasteiger charge is -2.01. The van der Waals surface area contributed by atoms with Gasteiger partial charge in [0.1, 0.15) is 17.2 Å². The monoisotopic (exact) mass is 355 g/mol. The molecule has 2 heterocycles. The molecule has 5 nitrogen and oxygen atoms in total. The van der Waals surface area contributed by atoms with Crippen LogP contribution in [-0.4, -0.2) is 9.38 Å². The summed E-state index contributed by atoms with van der Waals surface area (Å²) in [6.45, 7) is 1.98. The maximum atomic E-state index is 13.3. The number of benzene rings is 2. The summed E-state index contributed by atoms with van der Waals surface area (Å²) in [4.78, 5) is 4.63. The summed E-state index contributed by atoms with van der Waals surface area (Å²) in [5.74, 6) is 0.234. The van der Waals surface area contributed by atoms with E-state index in [2.05, 4.69) is 21.3 Å². The molecule has 130 valence electrons. The van der Waals surface area contributed by atoms with Gasteiger partial charge in [-0.05, 0) is 61.0 Å². The van der Waals surface area contributed by atoms with Gasteiger partial charge >= 0.3 is 0 Å². The maximum Gasteiger partial charge on any atom is 0.187 e. The van der Waals surface area contributed by atoms with Crippen molar-refractivity contribution in [1.82, 2.24) is 9.38 Å². The number of hydrogen-bond donors (Lipinski definition) is 0. The zero-order chi connectivity index (χ0) is 18.8. The molecule has 0 saturated heterocycles. The Bertz CT molecular complexity index is 1200. The lowest BCUT2D eigenvalue weighted by Crippen LogP contribution is -1.85. The summed E-state index contributed by atoms with van der Waals surface area (Å²) in [5.41, 5.74) is 4.22. The van der Waals surface area contributed by atoms with Crippen LogP contribution in [0.25, 0.3) is 16.9 Å². The van der Waals surface area contributed by atoms with Gasteiger partial charge in [0.2, 0.25) is 0 Å². The molecule has 0 N–H and O–H groups in total. The summed E-state index contributed by atoms with van der Waals surface area (Å²) >= 11 is 0. The SMILES string of the molecule is Cc1ccc2nc(-c3ccc(F)cc3)c(N=Nc3cccc(C#N)c3)n2c1. The van der Waals surface area contributed by atoms with E-state index in [4.69, 9.17) is 5.26 Å². The first-order valence-corrected chi connectivity index (χ1v) is 8.30. The van der Waals surface area contributed by atoms with Gasteiger partial charge in [0.05, 0.1) is 17.3 Å². The van der Waals surface area contributed by atoms with E-state index in [9.17, 15) is 4.39 Å². The summed E-state index contributed by atoms with van der Waals surface area (Å²) in [6, 6.07) is 19.0. The molecule has 4 aromatic rings. The van der Waals surface area contributed by atoms with Crippen molar-refractivity contribution in [3.63, 3.8) is 0 Å². The van der Waals surface area contributed by atoms with Crippen LogP contribution in [0.3, 0.4) is 0 Å². The van der Waals surface area contributed by atoms with Gasteiger partial charge in [-0.1, -0.05) is 12.1 Å². The van der Waals surface area contributed by atoms with Crippen LogP contribution >= 0.6 is 0 Å². The van der Waals surface area contributed by atoms with Crippen LogP contribution in [0, 0.1) is 24.1 Å². The minimum atomic E-state index is -0.310. The fourth-order valence-corrected chi connectivity index (χ4v) is 2.78. The molecule has 6 heteroatoms. The van der Waals surface area contributed by atoms with E-state index in [0.717, 1.165) is 16.8 Å². The van der Waals surface area contributed by atoms with Gasteiger partial charge in [0.25, 0.3) is 0 Å². The molecule has 2 aromatic carbocycles. The van der Waals surface area contributed by atoms with Crippen LogP contribution in [0.15, 0.2) is 77.1 Å². The minimum Gasteiger partial charge on any atom is -0.282 e. The van der Waals surface area contributed by atoms with Crippen molar-refractivity contribution in [2.24, 2.45) is 10.2 Å². The highest BCUT2D eigenvalue weighted by molar-refractivity contribution is 5.74. The number of hydrogen-bond acceptors (Lipinski definition) is 4. The van der Waals surface area contributed by atoms with Crippen molar-refractivity contribution in [1.29, 1.82) is 5.26 Å². The van der Waals surface area contributed by atoms with Gasteiger partial charge in [0, 0.05) is 11.8 Å². The topological polar surface area (TPSA) is 65.8 Å². The van der Waals surface area contributed by atoms with Gasteiger partial charge in [-0.15, -0.1) is 10.2 Å². The van der Waals surface area contributed by atoms with E-state index in [1.807, 2.05) is 29.7 Å². The molecule has 0 atom stereocenters. The molecular weight excluding hydrogens is 341 g/mol. The van der Waals surface area contributed by atoms with E-state index >= 15 is 0 Å². The molecule has 0 unspecified atom stereocenters. The van der Waals surface area contributed by atoms with Crippen LogP contribution in [0.1, 0.15) is 11.1 Å². The van der Waals surface area contributed by atoms with E-state index in [0.29, 0.717) is 22.8 Å². The normalized spacial score (nSPS) is 11.1. The van der Waals surface area contributed by atoms with Crippen LogP contribution in [0.2, 0.25) is 0 Å². The molecule has 0 fully saturated rings. The molecule has 2 aromatic heterocycles. The molecule has 0 aliphatic rings. The van der Waals surface area contributed by atoms with E-state index in [1.165, 1.54) is 12.1 Å². The van der Waals surface area contributed by atoms with Crippen LogP contribution in [0.5, 0.6) is 0 Å². The molecular formula is C21H14FN5. The molecule has 27 heavy (non-hydrogen) atoms. The number of nitrogens with zero attached hydrogens (tertiary/aromatic N) is 5. The van der Waals surface area contributed by atoms with E-state index < -0.39 is 0 Å². The van der Waals surface area contributed by atoms with Gasteiger partial charge in [-0.2, -0.15) is 5.26 Å². The summed E-state index contributed by atoms with van der Waals surface area (Å²) < 4.78 is 15.2. The predicted octanol–water partition coefficient (Wildman–Crippen LogP) is 5.74. The highest BCUT2D eigenvalue weighted by atomic mass is 19.1. The second kappa shape index (κ2) is 6.81. The van der Waals surface area contributed by atoms with E-state index in [1.54, 1.807) is 36.4 Å². The molecule has 0 amide bonds. The number of halogens is 1. The van der Waals surface area contributed by atoms with E-state index in [-0.39, 0.29) is 5.82 Å². The summed E-state index contributed by atoms with van der Waals surface area (Å²) in [7, 11) is 0. The van der Waals surface area contributed by atoms with Crippen molar-refractivity contribution in [2.75, 3.05) is 0 Å². The Morgan fingerprint density at radius 3 is 2.63 bits per heavy atom. The first kappa shape index (κ1) is 16.6. The minimum absolute atomic E-state index is 0.310. The average Bonchev–Trinajstić information content (AvgIpc) is 3.04. The van der Waals surface area contributed by atoms with Crippen molar-refractivity contribution >= 4 is 17.2 Å². The zero-order valence-corrected chi connectivity index (χ0v) is 14.5. The molecule has 0 bridgehead atoms. The molecule has 4 rings (SSSR count). The highest BCUT2D eigenvalue weighted by Gasteiger charge is 2.14. The van der Waals surface area contributed by atoms with Crippen LogP contribution < -0.4 is 0 Å². The highest BCUT2D eigenvalue weighted by Crippen LogP contribution is 2.32. The number of imidazole rings is 1. The number of pyridine rings is 1. The van der Waals surface area contributed by atoms with Gasteiger partial charge in [-0.3, -0.25) is 4.40 Å². The fourth-order valence-electron chi connectivity index (χ4n) is 2.78. The zero-order valence-electron chi connectivity index (χ0n) is 14.5. The number of fused-ring (bicyclic) bond motifs is 1. The third kappa shape index (κ3) is 3.31. The standard InChI is InChI=1S/C21H14FN5/c1-14-5-10-19-24-20(16-6-8-17(22)9-7-16)21(27(19)13-14)26-25-18-4-2-3-15(11-18)12-23/h2-11,13H,1H3. The van der Waals surface area contributed by atoms with Gasteiger partial charge in [-0.25, -0.2) is 9.37 Å². The number of aryl methyl sites for hydroxylation is 1. The summed E-state index contributed by atoms with van der Waals surface area (Å²) in [5, 5.41) is 17.7. The second-order valence-electron chi connectivity index (χ2n) is 6.09. The molecule has 0 spiro atoms. The Kier molecular flexibility index (Phi) is 4.19. The third-order valence-corrected chi connectivity index (χ3v) is 4.09.